The minimum absolute atomic E-state index is 0.0352. The van der Waals surface area contributed by atoms with Gasteiger partial charge in [0, 0.05) is 22.4 Å². The summed E-state index contributed by atoms with van der Waals surface area (Å²) in [7, 11) is 0. The molecule has 0 aliphatic carbocycles. The number of para-hydroxylation sites is 1. The molecule has 0 radical (unpaired) electrons. The molecule has 4 aromatic rings. The van der Waals surface area contributed by atoms with Crippen molar-refractivity contribution >= 4 is 50.7 Å². The number of fused-ring (bicyclic) bond motifs is 3. The summed E-state index contributed by atoms with van der Waals surface area (Å²) < 4.78 is 2.09. The lowest BCUT2D eigenvalue weighted by atomic mass is 10.1. The van der Waals surface area contributed by atoms with Gasteiger partial charge >= 0.3 is 0 Å². The van der Waals surface area contributed by atoms with Gasteiger partial charge in [-0.05, 0) is 44.9 Å². The van der Waals surface area contributed by atoms with Crippen molar-refractivity contribution in [3.8, 4) is 0 Å². The summed E-state index contributed by atoms with van der Waals surface area (Å²) >= 11 is 3.05. The lowest BCUT2D eigenvalue weighted by molar-refractivity contribution is -0.115. The third-order valence-corrected chi connectivity index (χ3v) is 6.64. The summed E-state index contributed by atoms with van der Waals surface area (Å²) in [5.41, 5.74) is 5.29. The molecule has 0 aliphatic rings. The molecule has 0 saturated heterocycles. The Morgan fingerprint density at radius 3 is 2.75 bits per heavy atom. The molecule has 0 aliphatic heterocycles. The van der Waals surface area contributed by atoms with Crippen LogP contribution in [0.5, 0.6) is 0 Å². The molecule has 1 amide bonds. The minimum atomic E-state index is -0.0352. The van der Waals surface area contributed by atoms with E-state index < -0.39 is 0 Å². The zero-order valence-corrected chi connectivity index (χ0v) is 17.9. The van der Waals surface area contributed by atoms with Gasteiger partial charge in [-0.15, -0.1) is 21.5 Å². The van der Waals surface area contributed by atoms with Crippen LogP contribution < -0.4 is 5.32 Å². The van der Waals surface area contributed by atoms with Crippen LogP contribution in [0, 0.1) is 27.7 Å². The van der Waals surface area contributed by atoms with E-state index in [9.17, 15) is 4.79 Å². The number of thioether (sulfide) groups is 1. The van der Waals surface area contributed by atoms with Gasteiger partial charge in [-0.3, -0.25) is 9.20 Å². The van der Waals surface area contributed by atoms with E-state index in [-0.39, 0.29) is 5.91 Å². The van der Waals surface area contributed by atoms with Gasteiger partial charge in [-0.2, -0.15) is 0 Å². The minimum Gasteiger partial charge on any atom is -0.302 e. The lowest BCUT2D eigenvalue weighted by Gasteiger charge is -2.09. The van der Waals surface area contributed by atoms with Crippen molar-refractivity contribution in [2.24, 2.45) is 0 Å². The number of aromatic nitrogens is 4. The molecule has 0 unspecified atom stereocenters. The van der Waals surface area contributed by atoms with Crippen LogP contribution in [-0.4, -0.2) is 31.2 Å². The van der Waals surface area contributed by atoms with E-state index in [1.54, 1.807) is 11.8 Å². The Morgan fingerprint density at radius 2 is 2.00 bits per heavy atom. The predicted octanol–water partition coefficient (Wildman–Crippen LogP) is 4.69. The SMILES string of the molecule is Cc1nc(NC(=O)CCSc2nnc3cc(C)c4cccc(C)c4n23)sc1C. The van der Waals surface area contributed by atoms with Gasteiger partial charge in [0.1, 0.15) is 0 Å². The fourth-order valence-electron chi connectivity index (χ4n) is 3.17. The lowest BCUT2D eigenvalue weighted by Crippen LogP contribution is -2.12. The van der Waals surface area contributed by atoms with Crippen LogP contribution in [0.2, 0.25) is 0 Å². The molecule has 1 aromatic carbocycles. The largest absolute Gasteiger partial charge is 0.302 e. The van der Waals surface area contributed by atoms with Crippen molar-refractivity contribution in [2.45, 2.75) is 39.3 Å². The van der Waals surface area contributed by atoms with Crippen molar-refractivity contribution in [2.75, 3.05) is 11.1 Å². The standard InChI is InChI=1S/C20H21N5OS2/c1-11-6-5-7-15-12(2)10-16-23-24-20(25(16)18(11)15)27-9-8-17(26)22-19-21-13(3)14(4)28-19/h5-7,10H,8-9H2,1-4H3,(H,21,22,26). The van der Waals surface area contributed by atoms with Crippen molar-refractivity contribution in [3.63, 3.8) is 0 Å². The van der Waals surface area contributed by atoms with Crippen LogP contribution in [0.3, 0.4) is 0 Å². The van der Waals surface area contributed by atoms with E-state index in [1.165, 1.54) is 27.8 Å². The third-order valence-electron chi connectivity index (χ3n) is 4.73. The number of rotatable bonds is 5. The molecule has 6 nitrogen and oxygen atoms in total. The normalized spacial score (nSPS) is 11.4. The Morgan fingerprint density at radius 1 is 1.18 bits per heavy atom. The molecule has 3 heterocycles. The molecule has 4 rings (SSSR count). The highest BCUT2D eigenvalue weighted by Crippen LogP contribution is 2.28. The molecule has 0 bridgehead atoms. The molecule has 0 fully saturated rings. The molecule has 144 valence electrons. The number of hydrogen-bond acceptors (Lipinski definition) is 6. The van der Waals surface area contributed by atoms with E-state index in [2.05, 4.69) is 63.0 Å². The number of pyridine rings is 1. The maximum atomic E-state index is 12.2. The second-order valence-corrected chi connectivity index (χ2v) is 9.05. The number of nitrogens with zero attached hydrogens (tertiary/aromatic N) is 4. The van der Waals surface area contributed by atoms with Crippen LogP contribution in [0.1, 0.15) is 28.1 Å². The summed E-state index contributed by atoms with van der Waals surface area (Å²) in [6.07, 6.45) is 0.389. The van der Waals surface area contributed by atoms with Gasteiger partial charge in [-0.1, -0.05) is 30.0 Å². The smallest absolute Gasteiger partial charge is 0.226 e. The molecular weight excluding hydrogens is 390 g/mol. The van der Waals surface area contributed by atoms with Crippen molar-refractivity contribution in [1.82, 2.24) is 19.6 Å². The number of anilines is 1. The zero-order chi connectivity index (χ0) is 19.8. The topological polar surface area (TPSA) is 72.2 Å². The van der Waals surface area contributed by atoms with Crippen molar-refractivity contribution < 1.29 is 4.79 Å². The van der Waals surface area contributed by atoms with Crippen molar-refractivity contribution in [3.05, 3.63) is 46.0 Å². The van der Waals surface area contributed by atoms with Gasteiger partial charge in [0.2, 0.25) is 5.91 Å². The van der Waals surface area contributed by atoms with E-state index in [0.717, 1.165) is 26.9 Å². The Labute approximate surface area is 171 Å². The molecule has 8 heteroatoms. The quantitative estimate of drug-likeness (QED) is 0.482. The first-order chi connectivity index (χ1) is 13.4. The van der Waals surface area contributed by atoms with Gasteiger partial charge in [0.15, 0.2) is 15.9 Å². The maximum Gasteiger partial charge on any atom is 0.226 e. The summed E-state index contributed by atoms with van der Waals surface area (Å²) in [5, 5.41) is 14.2. The van der Waals surface area contributed by atoms with Gasteiger partial charge in [0.25, 0.3) is 0 Å². The first-order valence-electron chi connectivity index (χ1n) is 9.05. The first-order valence-corrected chi connectivity index (χ1v) is 10.8. The fourth-order valence-corrected chi connectivity index (χ4v) is 4.88. The Kier molecular flexibility index (Phi) is 5.07. The van der Waals surface area contributed by atoms with E-state index in [4.69, 9.17) is 0 Å². The summed E-state index contributed by atoms with van der Waals surface area (Å²) in [6, 6.07) is 8.34. The van der Waals surface area contributed by atoms with Crippen LogP contribution in [0.15, 0.2) is 29.4 Å². The number of aryl methyl sites for hydroxylation is 4. The molecule has 1 N–H and O–H groups in total. The number of hydrogen-bond donors (Lipinski definition) is 1. The molecular formula is C20H21N5OS2. The molecule has 28 heavy (non-hydrogen) atoms. The fraction of sp³-hybridized carbons (Fsp3) is 0.300. The van der Waals surface area contributed by atoms with Gasteiger partial charge in [0.05, 0.1) is 11.2 Å². The van der Waals surface area contributed by atoms with E-state index in [0.29, 0.717) is 17.3 Å². The summed E-state index contributed by atoms with van der Waals surface area (Å²) in [6.45, 7) is 8.14. The second-order valence-electron chi connectivity index (χ2n) is 6.78. The molecule has 0 saturated carbocycles. The number of carbonyl (C=O) groups is 1. The second kappa shape index (κ2) is 7.52. The molecule has 0 atom stereocenters. The van der Waals surface area contributed by atoms with Gasteiger partial charge < -0.3 is 5.32 Å². The highest BCUT2D eigenvalue weighted by Gasteiger charge is 2.14. The third kappa shape index (κ3) is 3.49. The Bertz CT molecular complexity index is 1170. The first kappa shape index (κ1) is 18.9. The van der Waals surface area contributed by atoms with Crippen LogP contribution in [0.25, 0.3) is 16.6 Å². The molecule has 3 aromatic heterocycles. The number of thiazole rings is 1. The average Bonchev–Trinajstić information content (AvgIpc) is 3.18. The highest BCUT2D eigenvalue weighted by atomic mass is 32.2. The highest BCUT2D eigenvalue weighted by molar-refractivity contribution is 7.99. The summed E-state index contributed by atoms with van der Waals surface area (Å²) in [5.74, 6) is 0.587. The van der Waals surface area contributed by atoms with Crippen LogP contribution >= 0.6 is 23.1 Å². The zero-order valence-electron chi connectivity index (χ0n) is 16.2. The number of carbonyl (C=O) groups excluding carboxylic acids is 1. The summed E-state index contributed by atoms with van der Waals surface area (Å²) in [4.78, 5) is 17.7. The van der Waals surface area contributed by atoms with Crippen LogP contribution in [0.4, 0.5) is 5.13 Å². The van der Waals surface area contributed by atoms with E-state index >= 15 is 0 Å². The average molecular weight is 412 g/mol. The predicted molar refractivity (Wildman–Crippen MR) is 116 cm³/mol. The Balaban J connectivity index is 1.52. The van der Waals surface area contributed by atoms with Crippen LogP contribution in [-0.2, 0) is 4.79 Å². The van der Waals surface area contributed by atoms with Crippen molar-refractivity contribution in [1.29, 1.82) is 0 Å². The number of nitrogens with one attached hydrogen (secondary N) is 1. The molecule has 0 spiro atoms. The maximum absolute atomic E-state index is 12.2. The number of amides is 1. The monoisotopic (exact) mass is 411 g/mol. The Hall–Kier alpha value is -2.45. The number of benzene rings is 1. The van der Waals surface area contributed by atoms with E-state index in [1.807, 2.05) is 13.8 Å². The van der Waals surface area contributed by atoms with Gasteiger partial charge in [-0.25, -0.2) is 4.98 Å².